The van der Waals surface area contributed by atoms with Crippen LogP contribution in [0.5, 0.6) is 0 Å². The third-order valence-electron chi connectivity index (χ3n) is 11.4. The number of methoxy groups -OCH3 is 1. The number of amides is 4. The fraction of sp³-hybridized carbons (Fsp3) is 0.524. The number of piperazine rings is 1. The summed E-state index contributed by atoms with van der Waals surface area (Å²) in [6.45, 7) is 8.34. The lowest BCUT2D eigenvalue weighted by atomic mass is 9.96. The highest BCUT2D eigenvalue weighted by Gasteiger charge is 2.28. The van der Waals surface area contributed by atoms with Crippen molar-refractivity contribution in [3.63, 3.8) is 0 Å². The number of rotatable bonds is 11. The first-order valence-electron chi connectivity index (χ1n) is 20.5. The van der Waals surface area contributed by atoms with Crippen LogP contribution in [-0.2, 0) is 19.1 Å². The van der Waals surface area contributed by atoms with E-state index in [1.807, 2.05) is 11.8 Å². The minimum absolute atomic E-state index is 0.214. The summed E-state index contributed by atoms with van der Waals surface area (Å²) in [5.41, 5.74) is 2.54. The number of piperidine rings is 2. The van der Waals surface area contributed by atoms with Crippen LogP contribution in [0.15, 0.2) is 48.7 Å². The van der Waals surface area contributed by atoms with E-state index in [9.17, 15) is 28.0 Å². The predicted octanol–water partition coefficient (Wildman–Crippen LogP) is 5.65. The van der Waals surface area contributed by atoms with Crippen LogP contribution >= 0.6 is 0 Å². The van der Waals surface area contributed by atoms with E-state index in [1.165, 1.54) is 43.5 Å². The minimum Gasteiger partial charge on any atom is -0.452 e. The molecule has 4 amide bonds. The number of benzene rings is 2. The van der Waals surface area contributed by atoms with Gasteiger partial charge in [0.05, 0.1) is 19.0 Å². The number of carbonyl (C=O) groups is 4. The zero-order valence-corrected chi connectivity index (χ0v) is 33.4. The fourth-order valence-electron chi connectivity index (χ4n) is 8.08. The topological polar surface area (TPSA) is 152 Å². The van der Waals surface area contributed by atoms with Gasteiger partial charge in [0.15, 0.2) is 5.82 Å². The summed E-state index contributed by atoms with van der Waals surface area (Å²) in [5, 5.41) is 8.65. The molecule has 7 rings (SSSR count). The van der Waals surface area contributed by atoms with Gasteiger partial charge in [0.25, 0.3) is 0 Å². The van der Waals surface area contributed by atoms with E-state index in [2.05, 4.69) is 35.7 Å². The Morgan fingerprint density at radius 2 is 1.71 bits per heavy atom. The van der Waals surface area contributed by atoms with Crippen molar-refractivity contribution >= 4 is 47.3 Å². The number of nitrogens with one attached hydrogen (secondary N) is 3. The molecule has 0 bridgehead atoms. The summed E-state index contributed by atoms with van der Waals surface area (Å²) < 4.78 is 34.0. The first kappa shape index (κ1) is 42.2. The molecule has 1 aliphatic carbocycles. The Labute approximate surface area is 338 Å². The van der Waals surface area contributed by atoms with E-state index in [0.29, 0.717) is 53.5 Å². The smallest absolute Gasteiger partial charge is 0.413 e. The third-order valence-corrected chi connectivity index (χ3v) is 11.4. The zero-order chi connectivity index (χ0) is 41.0. The summed E-state index contributed by atoms with van der Waals surface area (Å²) in [7, 11) is 1.34. The highest BCUT2D eigenvalue weighted by molar-refractivity contribution is 6.01. The first-order chi connectivity index (χ1) is 28.1. The van der Waals surface area contributed by atoms with E-state index in [4.69, 9.17) is 4.74 Å². The number of ether oxygens (including phenoxy) is 1. The fourth-order valence-corrected chi connectivity index (χ4v) is 8.08. The van der Waals surface area contributed by atoms with Gasteiger partial charge in [-0.25, -0.2) is 23.5 Å². The maximum atomic E-state index is 14.8. The van der Waals surface area contributed by atoms with Gasteiger partial charge < -0.3 is 25.2 Å². The van der Waals surface area contributed by atoms with Crippen molar-refractivity contribution in [3.8, 4) is 11.3 Å². The van der Waals surface area contributed by atoms with Crippen molar-refractivity contribution in [1.29, 1.82) is 0 Å². The highest BCUT2D eigenvalue weighted by atomic mass is 19.1. The Hall–Kier alpha value is -5.38. The Bertz CT molecular complexity index is 1880. The molecular formula is C42H55F2N9O5. The Balaban J connectivity index is 0.000000198. The summed E-state index contributed by atoms with van der Waals surface area (Å²) in [4.78, 5) is 62.2. The molecule has 3 N–H and O–H groups in total. The maximum absolute atomic E-state index is 14.8. The van der Waals surface area contributed by atoms with E-state index < -0.39 is 18.0 Å². The van der Waals surface area contributed by atoms with Gasteiger partial charge in [0.1, 0.15) is 17.6 Å². The molecular weight excluding hydrogens is 749 g/mol. The van der Waals surface area contributed by atoms with Crippen molar-refractivity contribution in [2.75, 3.05) is 79.9 Å². The van der Waals surface area contributed by atoms with Gasteiger partial charge in [0.2, 0.25) is 24.2 Å². The summed E-state index contributed by atoms with van der Waals surface area (Å²) in [5.74, 6) is -0.389. The number of halogens is 2. The maximum Gasteiger partial charge on any atom is 0.413 e. The molecule has 14 nitrogen and oxygen atoms in total. The van der Waals surface area contributed by atoms with Crippen LogP contribution < -0.4 is 25.8 Å². The molecule has 0 spiro atoms. The van der Waals surface area contributed by atoms with E-state index >= 15 is 0 Å². The van der Waals surface area contributed by atoms with Crippen LogP contribution in [0.4, 0.5) is 36.6 Å². The molecule has 1 unspecified atom stereocenters. The molecule has 3 aliphatic heterocycles. The van der Waals surface area contributed by atoms with Crippen LogP contribution in [-0.4, -0.2) is 116 Å². The van der Waals surface area contributed by atoms with E-state index in [-0.39, 0.29) is 29.7 Å². The normalized spacial score (nSPS) is 19.4. The molecule has 1 saturated carbocycles. The number of nitrogens with zero attached hydrogens (tertiary/aromatic N) is 6. The highest BCUT2D eigenvalue weighted by Crippen LogP contribution is 2.29. The Morgan fingerprint density at radius 1 is 0.948 bits per heavy atom. The second-order valence-corrected chi connectivity index (χ2v) is 15.3. The van der Waals surface area contributed by atoms with Gasteiger partial charge in [-0.1, -0.05) is 31.4 Å². The molecule has 1 aromatic heterocycles. The predicted molar refractivity (Wildman–Crippen MR) is 219 cm³/mol. The van der Waals surface area contributed by atoms with Gasteiger partial charge in [-0.05, 0) is 75.3 Å². The molecule has 3 aromatic rings. The number of anilines is 4. The zero-order valence-electron chi connectivity index (χ0n) is 33.4. The van der Waals surface area contributed by atoms with Gasteiger partial charge in [-0.3, -0.25) is 29.5 Å². The van der Waals surface area contributed by atoms with Crippen molar-refractivity contribution in [2.45, 2.75) is 76.8 Å². The third kappa shape index (κ3) is 11.2. The lowest BCUT2D eigenvalue weighted by Crippen LogP contribution is -2.49. The largest absolute Gasteiger partial charge is 0.452 e. The molecule has 4 heterocycles. The molecule has 2 aromatic carbocycles. The van der Waals surface area contributed by atoms with E-state index in [1.54, 1.807) is 36.4 Å². The van der Waals surface area contributed by atoms with Crippen molar-refractivity contribution < 1.29 is 32.7 Å². The van der Waals surface area contributed by atoms with Gasteiger partial charge in [-0.2, -0.15) is 0 Å². The number of aromatic nitrogens is 2. The average molecular weight is 804 g/mol. The lowest BCUT2D eigenvalue weighted by Gasteiger charge is -2.39. The Morgan fingerprint density at radius 3 is 2.38 bits per heavy atom. The number of hydrogen-bond acceptors (Lipinski definition) is 11. The van der Waals surface area contributed by atoms with Crippen molar-refractivity contribution in [1.82, 2.24) is 25.1 Å². The summed E-state index contributed by atoms with van der Waals surface area (Å²) in [6, 6.07) is 11.8. The quantitative estimate of drug-likeness (QED) is 0.163. The Kier molecular flexibility index (Phi) is 14.8. The molecule has 16 heteroatoms. The van der Waals surface area contributed by atoms with Crippen LogP contribution in [0.2, 0.25) is 0 Å². The van der Waals surface area contributed by atoms with Crippen molar-refractivity contribution in [2.24, 2.45) is 5.92 Å². The second kappa shape index (κ2) is 20.4. The van der Waals surface area contributed by atoms with Crippen LogP contribution in [0.25, 0.3) is 11.3 Å². The van der Waals surface area contributed by atoms with E-state index in [0.717, 1.165) is 77.9 Å². The molecule has 1 atom stereocenters. The molecule has 312 valence electrons. The summed E-state index contributed by atoms with van der Waals surface area (Å²) in [6.07, 6.45) is 10.3. The van der Waals surface area contributed by atoms with Crippen molar-refractivity contribution in [3.05, 3.63) is 60.3 Å². The minimum atomic E-state index is -0.523. The molecule has 58 heavy (non-hydrogen) atoms. The number of carbonyl (C=O) groups excluding carboxylic acids is 4. The number of imide groups is 1. The SMILES string of the molecule is CCN(C(=O)OC)c1cccc(-c2nc(NC3CCCCC3)ncc2F)c1.O=CN1CCC(CN2CCN(c3ccc(NC4CCC(=O)NC4=O)cc3F)CC2)CC1. The number of likely N-dealkylation sites (tertiary alicyclic amines) is 1. The standard InChI is InChI=1S/C22H30FN5O3.C20H25FN4O2/c23-18-13-17(24-19-2-4-21(30)25-22(19)31)1-3-20(18)28-11-9-26(10-12-28)14-16-5-7-27(15-29)8-6-16;1-3-25(20(26)27-2)16-11-7-8-14(12-16)18-17(21)13-22-19(24-18)23-15-9-5-4-6-10-15/h1,3,13,15-16,19,24H,2,4-12,14H2,(H,25,30,31);7-8,11-13,15H,3-6,9-10H2,1-2H3,(H,22,23,24). The molecule has 0 radical (unpaired) electrons. The number of hydrogen-bond donors (Lipinski definition) is 3. The van der Waals surface area contributed by atoms with Crippen LogP contribution in [0.1, 0.15) is 64.7 Å². The molecule has 4 aliphatic rings. The van der Waals surface area contributed by atoms with Crippen LogP contribution in [0, 0.1) is 17.6 Å². The lowest BCUT2D eigenvalue weighted by molar-refractivity contribution is -0.133. The monoisotopic (exact) mass is 803 g/mol. The van der Waals surface area contributed by atoms with Gasteiger partial charge in [-0.15, -0.1) is 0 Å². The second-order valence-electron chi connectivity index (χ2n) is 15.3. The van der Waals surface area contributed by atoms with Gasteiger partial charge >= 0.3 is 6.09 Å². The average Bonchev–Trinajstić information content (AvgIpc) is 3.24. The van der Waals surface area contributed by atoms with Gasteiger partial charge in [0, 0.05) is 81.8 Å². The molecule has 4 fully saturated rings. The molecule has 3 saturated heterocycles. The van der Waals surface area contributed by atoms with Crippen LogP contribution in [0.3, 0.4) is 0 Å². The summed E-state index contributed by atoms with van der Waals surface area (Å²) >= 11 is 0. The first-order valence-corrected chi connectivity index (χ1v) is 20.5.